The highest BCUT2D eigenvalue weighted by Gasteiger charge is 2.40. The number of halogens is 4. The molecule has 6 unspecified atom stereocenters. The van der Waals surface area contributed by atoms with Gasteiger partial charge in [-0.05, 0) is 94.3 Å². The lowest BCUT2D eigenvalue weighted by molar-refractivity contribution is 0.0791. The van der Waals surface area contributed by atoms with Crippen LogP contribution in [-0.4, -0.2) is 11.2 Å². The summed E-state index contributed by atoms with van der Waals surface area (Å²) < 4.78 is 59.2. The minimum absolute atomic E-state index is 0.0203. The Morgan fingerprint density at radius 1 is 0.730 bits per heavy atom. The van der Waals surface area contributed by atoms with Crippen LogP contribution < -0.4 is 0 Å². The van der Waals surface area contributed by atoms with E-state index in [1.807, 2.05) is 6.92 Å². The molecule has 0 aliphatic heterocycles. The summed E-state index contributed by atoms with van der Waals surface area (Å²) in [6, 6.07) is 0. The fraction of sp³-hybridized carbons (Fsp3) is 0.812. The van der Waals surface area contributed by atoms with Gasteiger partial charge in [0.25, 0.3) is 0 Å². The Morgan fingerprint density at radius 3 is 2.08 bits per heavy atom. The van der Waals surface area contributed by atoms with Gasteiger partial charge in [0.15, 0.2) is 0 Å². The Labute approximate surface area is 221 Å². The van der Waals surface area contributed by atoms with Crippen LogP contribution in [-0.2, 0) is 0 Å². The van der Waals surface area contributed by atoms with Gasteiger partial charge in [-0.15, -0.1) is 0 Å². The van der Waals surface area contributed by atoms with Crippen molar-refractivity contribution in [1.29, 1.82) is 0 Å². The van der Waals surface area contributed by atoms with Crippen molar-refractivity contribution < 1.29 is 22.7 Å². The van der Waals surface area contributed by atoms with E-state index in [2.05, 4.69) is 19.1 Å². The van der Waals surface area contributed by atoms with Crippen LogP contribution >= 0.6 is 0 Å². The number of rotatable bonds is 9. The average molecular weight is 525 g/mol. The van der Waals surface area contributed by atoms with Crippen molar-refractivity contribution in [3.63, 3.8) is 0 Å². The first-order chi connectivity index (χ1) is 17.8. The van der Waals surface area contributed by atoms with Gasteiger partial charge in [0, 0.05) is 23.7 Å². The zero-order valence-electron chi connectivity index (χ0n) is 22.9. The molecule has 4 aliphatic rings. The fourth-order valence-corrected chi connectivity index (χ4v) is 7.91. The highest BCUT2D eigenvalue weighted by molar-refractivity contribution is 5.17. The quantitative estimate of drug-likeness (QED) is 0.235. The van der Waals surface area contributed by atoms with E-state index in [1.165, 1.54) is 12.8 Å². The van der Waals surface area contributed by atoms with Gasteiger partial charge >= 0.3 is 0 Å². The van der Waals surface area contributed by atoms with Gasteiger partial charge < -0.3 is 5.11 Å². The van der Waals surface area contributed by atoms with E-state index >= 15 is 8.78 Å². The SMILES string of the molecule is CCCC1CCC(C2CCC(C3C=CC(CCC(O)C4CC[C@H](CC)C(F)=C4F)CC3)C(F)=C2F)CC1. The van der Waals surface area contributed by atoms with Gasteiger partial charge in [0.2, 0.25) is 0 Å². The molecule has 0 aromatic carbocycles. The van der Waals surface area contributed by atoms with Crippen molar-refractivity contribution in [1.82, 2.24) is 0 Å². The third-order valence-electron chi connectivity index (χ3n) is 10.4. The summed E-state index contributed by atoms with van der Waals surface area (Å²) in [5.74, 6) is -2.73. The van der Waals surface area contributed by atoms with Crippen LogP contribution in [0.25, 0.3) is 0 Å². The summed E-state index contributed by atoms with van der Waals surface area (Å²) in [6.07, 6.45) is 16.0. The second-order valence-corrected chi connectivity index (χ2v) is 12.6. The highest BCUT2D eigenvalue weighted by Crippen LogP contribution is 2.49. The summed E-state index contributed by atoms with van der Waals surface area (Å²) in [5, 5.41) is 10.6. The van der Waals surface area contributed by atoms with E-state index in [0.717, 1.165) is 57.3 Å². The molecule has 210 valence electrons. The van der Waals surface area contributed by atoms with Crippen LogP contribution in [0.1, 0.15) is 110 Å². The first-order valence-corrected chi connectivity index (χ1v) is 15.3. The van der Waals surface area contributed by atoms with E-state index in [0.29, 0.717) is 38.0 Å². The maximum atomic E-state index is 15.3. The zero-order valence-corrected chi connectivity index (χ0v) is 22.9. The van der Waals surface area contributed by atoms with Gasteiger partial charge in [-0.25, -0.2) is 17.6 Å². The molecule has 1 fully saturated rings. The molecule has 0 bridgehead atoms. The molecule has 4 rings (SSSR count). The minimum atomic E-state index is -0.878. The van der Waals surface area contributed by atoms with Crippen LogP contribution in [0.4, 0.5) is 17.6 Å². The Bertz CT molecular complexity index is 840. The summed E-state index contributed by atoms with van der Waals surface area (Å²) in [5.41, 5.74) is 0. The third-order valence-corrected chi connectivity index (χ3v) is 10.4. The molecule has 7 atom stereocenters. The first-order valence-electron chi connectivity index (χ1n) is 15.3. The molecule has 4 aliphatic carbocycles. The summed E-state index contributed by atoms with van der Waals surface area (Å²) in [6.45, 7) is 4.08. The van der Waals surface area contributed by atoms with Crippen molar-refractivity contribution in [3.05, 3.63) is 35.5 Å². The molecule has 0 aromatic heterocycles. The Balaban J connectivity index is 1.27. The second-order valence-electron chi connectivity index (χ2n) is 12.6. The molecule has 0 aromatic rings. The standard InChI is InChI=1S/C32H48F4O/c1-3-5-20-6-11-23(12-7-20)25-17-18-26(31(35)30(25)34)24-13-8-21(9-14-24)10-19-28(37)27-16-15-22(4-2)29(33)32(27)36/h8,13,20-28,37H,3-7,9-12,14-19H2,1-2H3/t20?,21?,22-,23?,24?,25?,26?,27?,28?/m0/s1. The van der Waals surface area contributed by atoms with Gasteiger partial charge in [0.05, 0.1) is 6.10 Å². The molecule has 37 heavy (non-hydrogen) atoms. The average Bonchev–Trinajstić information content (AvgIpc) is 2.91. The van der Waals surface area contributed by atoms with E-state index in [-0.39, 0.29) is 29.6 Å². The second kappa shape index (κ2) is 13.3. The van der Waals surface area contributed by atoms with E-state index in [9.17, 15) is 13.9 Å². The van der Waals surface area contributed by atoms with Crippen molar-refractivity contribution in [3.8, 4) is 0 Å². The molecule has 0 heterocycles. The molecule has 1 nitrogen and oxygen atoms in total. The van der Waals surface area contributed by atoms with Gasteiger partial charge in [-0.2, -0.15) is 0 Å². The zero-order chi connectivity index (χ0) is 26.5. The topological polar surface area (TPSA) is 20.2 Å². The number of aliphatic hydroxyl groups excluding tert-OH is 1. The predicted octanol–water partition coefficient (Wildman–Crippen LogP) is 10.1. The van der Waals surface area contributed by atoms with Crippen LogP contribution in [0.3, 0.4) is 0 Å². The van der Waals surface area contributed by atoms with Crippen molar-refractivity contribution >= 4 is 0 Å². The lowest BCUT2D eigenvalue weighted by Gasteiger charge is -2.38. The molecular formula is C32H48F4O. The lowest BCUT2D eigenvalue weighted by Crippen LogP contribution is -2.29. The third kappa shape index (κ3) is 6.73. The van der Waals surface area contributed by atoms with E-state index < -0.39 is 35.3 Å². The van der Waals surface area contributed by atoms with Crippen molar-refractivity contribution in [2.45, 2.75) is 116 Å². The molecule has 0 spiro atoms. The Morgan fingerprint density at radius 2 is 1.43 bits per heavy atom. The highest BCUT2D eigenvalue weighted by atomic mass is 19.2. The van der Waals surface area contributed by atoms with E-state index in [1.54, 1.807) is 0 Å². The number of hydrogen-bond donors (Lipinski definition) is 1. The van der Waals surface area contributed by atoms with Crippen LogP contribution in [0.5, 0.6) is 0 Å². The monoisotopic (exact) mass is 524 g/mol. The lowest BCUT2D eigenvalue weighted by atomic mass is 9.68. The Kier molecular flexibility index (Phi) is 10.4. The molecule has 0 radical (unpaired) electrons. The normalized spacial score (nSPS) is 38.2. The van der Waals surface area contributed by atoms with Crippen LogP contribution in [0.2, 0.25) is 0 Å². The molecule has 1 N–H and O–H groups in total. The number of allylic oxidation sites excluding steroid dienone is 5. The largest absolute Gasteiger partial charge is 0.392 e. The fourth-order valence-electron chi connectivity index (χ4n) is 7.91. The van der Waals surface area contributed by atoms with Crippen LogP contribution in [0.15, 0.2) is 35.5 Å². The summed E-state index contributed by atoms with van der Waals surface area (Å²) in [7, 11) is 0. The van der Waals surface area contributed by atoms with Gasteiger partial charge in [0.1, 0.15) is 23.3 Å². The molecule has 1 saturated carbocycles. The maximum absolute atomic E-state index is 15.3. The number of hydrogen-bond acceptors (Lipinski definition) is 1. The minimum Gasteiger partial charge on any atom is -0.392 e. The van der Waals surface area contributed by atoms with Crippen molar-refractivity contribution in [2.75, 3.05) is 0 Å². The summed E-state index contributed by atoms with van der Waals surface area (Å²) in [4.78, 5) is 0. The van der Waals surface area contributed by atoms with E-state index in [4.69, 9.17) is 0 Å². The number of aliphatic hydroxyl groups is 1. The van der Waals surface area contributed by atoms with Gasteiger partial charge in [-0.3, -0.25) is 0 Å². The van der Waals surface area contributed by atoms with Gasteiger partial charge in [-0.1, -0.05) is 51.7 Å². The summed E-state index contributed by atoms with van der Waals surface area (Å²) >= 11 is 0. The molecular weight excluding hydrogens is 476 g/mol. The molecule has 5 heteroatoms. The van der Waals surface area contributed by atoms with Crippen LogP contribution in [0, 0.1) is 47.3 Å². The first kappa shape index (κ1) is 28.9. The smallest absolute Gasteiger partial charge is 0.137 e. The molecule has 0 saturated heterocycles. The maximum Gasteiger partial charge on any atom is 0.137 e. The van der Waals surface area contributed by atoms with Crippen molar-refractivity contribution in [2.24, 2.45) is 47.3 Å². The predicted molar refractivity (Wildman–Crippen MR) is 142 cm³/mol. The molecule has 0 amide bonds. The Hall–Kier alpha value is -1.10.